The second-order valence-electron chi connectivity index (χ2n) is 4.86. The molecule has 0 fully saturated rings. The number of hydrogen-bond donors (Lipinski definition) is 2. The maximum absolute atomic E-state index is 14.1. The van der Waals surface area contributed by atoms with Crippen LogP contribution in [-0.2, 0) is 0 Å². The zero-order chi connectivity index (χ0) is 15.1. The number of nitrogens with one attached hydrogen (secondary N) is 2. The van der Waals surface area contributed by atoms with E-state index in [1.165, 1.54) is 18.3 Å². The summed E-state index contributed by atoms with van der Waals surface area (Å²) in [4.78, 5) is 7.28. The maximum Gasteiger partial charge on any atom is 0.166 e. The third kappa shape index (κ3) is 1.81. The van der Waals surface area contributed by atoms with Gasteiger partial charge in [-0.3, -0.25) is 5.10 Å². The highest BCUT2D eigenvalue weighted by Gasteiger charge is 2.18. The molecule has 3 aromatic heterocycles. The Morgan fingerprint density at radius 3 is 2.77 bits per heavy atom. The Morgan fingerprint density at radius 2 is 1.86 bits per heavy atom. The first-order valence-corrected chi connectivity index (χ1v) is 6.66. The van der Waals surface area contributed by atoms with Crippen LogP contribution in [0.4, 0.5) is 8.78 Å². The van der Waals surface area contributed by atoms with Crippen molar-refractivity contribution in [3.8, 4) is 22.4 Å². The number of halogens is 2. The smallest absolute Gasteiger partial charge is 0.166 e. The fourth-order valence-electron chi connectivity index (χ4n) is 2.57. The second-order valence-corrected chi connectivity index (χ2v) is 4.86. The summed E-state index contributed by atoms with van der Waals surface area (Å²) in [6, 6.07) is 7.81. The molecular weight excluding hydrogens is 286 g/mol. The Balaban J connectivity index is 1.96. The Hall–Kier alpha value is -3.02. The Kier molecular flexibility index (Phi) is 2.75. The van der Waals surface area contributed by atoms with Gasteiger partial charge in [-0.15, -0.1) is 0 Å². The van der Waals surface area contributed by atoms with Crippen molar-refractivity contribution in [1.29, 1.82) is 0 Å². The van der Waals surface area contributed by atoms with E-state index >= 15 is 0 Å². The first-order chi connectivity index (χ1) is 10.8. The number of rotatable bonds is 2. The summed E-state index contributed by atoms with van der Waals surface area (Å²) in [7, 11) is 0. The van der Waals surface area contributed by atoms with Crippen molar-refractivity contribution < 1.29 is 8.78 Å². The number of nitrogens with zero attached hydrogens (tertiary/aromatic N) is 2. The fraction of sp³-hybridized carbons (Fsp3) is 0. The molecule has 2 N–H and O–H groups in total. The van der Waals surface area contributed by atoms with E-state index in [0.29, 0.717) is 11.3 Å². The zero-order valence-corrected chi connectivity index (χ0v) is 11.3. The summed E-state index contributed by atoms with van der Waals surface area (Å²) in [6.07, 6.45) is 4.94. The summed E-state index contributed by atoms with van der Waals surface area (Å²) in [6.45, 7) is 0. The molecule has 4 aromatic rings. The molecule has 4 rings (SSSR count). The molecule has 0 aliphatic carbocycles. The van der Waals surface area contributed by atoms with Gasteiger partial charge >= 0.3 is 0 Å². The van der Waals surface area contributed by atoms with Crippen LogP contribution in [0.15, 0.2) is 48.9 Å². The Morgan fingerprint density at radius 1 is 0.955 bits per heavy atom. The number of H-pyrrole nitrogens is 2. The van der Waals surface area contributed by atoms with Crippen LogP contribution in [0, 0.1) is 11.6 Å². The largest absolute Gasteiger partial charge is 0.345 e. The van der Waals surface area contributed by atoms with Crippen molar-refractivity contribution in [2.45, 2.75) is 0 Å². The van der Waals surface area contributed by atoms with Gasteiger partial charge in [0.25, 0.3) is 0 Å². The van der Waals surface area contributed by atoms with Crippen molar-refractivity contribution in [1.82, 2.24) is 20.2 Å². The molecule has 0 saturated heterocycles. The summed E-state index contributed by atoms with van der Waals surface area (Å²) in [5.41, 5.74) is 2.81. The molecule has 0 spiro atoms. The maximum atomic E-state index is 14.1. The molecular formula is C16H10F2N4. The van der Waals surface area contributed by atoms with Gasteiger partial charge < -0.3 is 4.98 Å². The van der Waals surface area contributed by atoms with Gasteiger partial charge in [0, 0.05) is 34.5 Å². The number of aromatic amines is 2. The van der Waals surface area contributed by atoms with Crippen LogP contribution >= 0.6 is 0 Å². The zero-order valence-electron chi connectivity index (χ0n) is 11.3. The van der Waals surface area contributed by atoms with E-state index in [-0.39, 0.29) is 5.56 Å². The van der Waals surface area contributed by atoms with Crippen molar-refractivity contribution in [3.05, 3.63) is 60.6 Å². The van der Waals surface area contributed by atoms with Crippen LogP contribution in [0.5, 0.6) is 0 Å². The monoisotopic (exact) mass is 296 g/mol. The minimum atomic E-state index is -0.886. The molecule has 0 radical (unpaired) electrons. The molecule has 22 heavy (non-hydrogen) atoms. The predicted molar refractivity (Wildman–Crippen MR) is 79.0 cm³/mol. The minimum Gasteiger partial charge on any atom is -0.345 e. The number of fused-ring (bicyclic) bond motifs is 1. The molecule has 0 atom stereocenters. The van der Waals surface area contributed by atoms with Gasteiger partial charge in [0.1, 0.15) is 5.65 Å². The minimum absolute atomic E-state index is 0.169. The van der Waals surface area contributed by atoms with E-state index in [9.17, 15) is 8.78 Å². The fourth-order valence-corrected chi connectivity index (χ4v) is 2.57. The van der Waals surface area contributed by atoms with Gasteiger partial charge in [0.05, 0.1) is 11.9 Å². The molecule has 0 amide bonds. The second kappa shape index (κ2) is 4.77. The van der Waals surface area contributed by atoms with Crippen LogP contribution in [0.2, 0.25) is 0 Å². The van der Waals surface area contributed by atoms with Crippen LogP contribution in [-0.4, -0.2) is 20.2 Å². The van der Waals surface area contributed by atoms with E-state index in [1.54, 1.807) is 12.4 Å². The molecule has 4 nitrogen and oxygen atoms in total. The topological polar surface area (TPSA) is 57.4 Å². The molecule has 1 aromatic carbocycles. The highest BCUT2D eigenvalue weighted by atomic mass is 19.2. The van der Waals surface area contributed by atoms with Gasteiger partial charge in [0.15, 0.2) is 11.6 Å². The SMILES string of the molecule is Fc1cccc(-c2cn[nH]c2-c2c[nH]c3ncccc23)c1F. The van der Waals surface area contributed by atoms with E-state index < -0.39 is 11.6 Å². The standard InChI is InChI=1S/C16H10F2N4/c17-13-5-1-3-9(14(13)18)12-8-21-22-15(12)11-7-20-16-10(11)4-2-6-19-16/h1-8H,(H,19,20)(H,21,22). The molecule has 0 unspecified atom stereocenters. The highest BCUT2D eigenvalue weighted by molar-refractivity contribution is 5.96. The van der Waals surface area contributed by atoms with Crippen LogP contribution in [0.25, 0.3) is 33.4 Å². The third-order valence-electron chi connectivity index (χ3n) is 3.60. The van der Waals surface area contributed by atoms with Gasteiger partial charge in [-0.25, -0.2) is 13.8 Å². The van der Waals surface area contributed by atoms with Crippen LogP contribution in [0.1, 0.15) is 0 Å². The first kappa shape index (κ1) is 12.7. The normalized spacial score (nSPS) is 11.2. The van der Waals surface area contributed by atoms with Gasteiger partial charge in [-0.05, 0) is 18.2 Å². The number of hydrogen-bond acceptors (Lipinski definition) is 2. The molecule has 0 saturated carbocycles. The lowest BCUT2D eigenvalue weighted by molar-refractivity contribution is 0.511. The summed E-state index contributed by atoms with van der Waals surface area (Å²) < 4.78 is 27.5. The average Bonchev–Trinajstić information content (AvgIpc) is 3.16. The summed E-state index contributed by atoms with van der Waals surface area (Å²) in [5.74, 6) is -1.77. The predicted octanol–water partition coefficient (Wildman–Crippen LogP) is 3.90. The number of benzene rings is 1. The molecule has 0 bridgehead atoms. The summed E-state index contributed by atoms with van der Waals surface area (Å²) >= 11 is 0. The van der Waals surface area contributed by atoms with E-state index in [4.69, 9.17) is 0 Å². The molecule has 0 aliphatic rings. The van der Waals surface area contributed by atoms with E-state index in [2.05, 4.69) is 20.2 Å². The van der Waals surface area contributed by atoms with Crippen molar-refractivity contribution in [2.24, 2.45) is 0 Å². The first-order valence-electron chi connectivity index (χ1n) is 6.66. The Labute approximate surface area is 123 Å². The quantitative estimate of drug-likeness (QED) is 0.589. The molecule has 0 aliphatic heterocycles. The number of aromatic nitrogens is 4. The van der Waals surface area contributed by atoms with Gasteiger partial charge in [-0.2, -0.15) is 5.10 Å². The molecule has 108 valence electrons. The van der Waals surface area contributed by atoms with Gasteiger partial charge in [0.2, 0.25) is 0 Å². The molecule has 3 heterocycles. The average molecular weight is 296 g/mol. The molecule has 6 heteroatoms. The van der Waals surface area contributed by atoms with Crippen LogP contribution < -0.4 is 0 Å². The number of pyridine rings is 1. The van der Waals surface area contributed by atoms with Crippen molar-refractivity contribution in [3.63, 3.8) is 0 Å². The van der Waals surface area contributed by atoms with Gasteiger partial charge in [-0.1, -0.05) is 12.1 Å². The lowest BCUT2D eigenvalue weighted by atomic mass is 10.0. The third-order valence-corrected chi connectivity index (χ3v) is 3.60. The van der Waals surface area contributed by atoms with E-state index in [1.807, 2.05) is 12.1 Å². The van der Waals surface area contributed by atoms with Crippen molar-refractivity contribution in [2.75, 3.05) is 0 Å². The summed E-state index contributed by atoms with van der Waals surface area (Å²) in [5, 5.41) is 7.72. The van der Waals surface area contributed by atoms with Crippen molar-refractivity contribution >= 4 is 11.0 Å². The highest BCUT2D eigenvalue weighted by Crippen LogP contribution is 2.35. The van der Waals surface area contributed by atoms with Crippen LogP contribution in [0.3, 0.4) is 0 Å². The Bertz CT molecular complexity index is 971. The van der Waals surface area contributed by atoms with E-state index in [0.717, 1.165) is 22.7 Å². The lowest BCUT2D eigenvalue weighted by Gasteiger charge is -2.04. The lowest BCUT2D eigenvalue weighted by Crippen LogP contribution is -1.90.